The summed E-state index contributed by atoms with van der Waals surface area (Å²) >= 11 is 0. The van der Waals surface area contributed by atoms with E-state index in [4.69, 9.17) is 0 Å². The molecule has 0 spiro atoms. The van der Waals surface area contributed by atoms with Gasteiger partial charge in [-0.25, -0.2) is 9.59 Å². The van der Waals surface area contributed by atoms with Gasteiger partial charge in [-0.15, -0.1) is 0 Å². The summed E-state index contributed by atoms with van der Waals surface area (Å²) in [5.74, 6) is -1.46. The van der Waals surface area contributed by atoms with Crippen LogP contribution < -0.4 is 0 Å². The van der Waals surface area contributed by atoms with Gasteiger partial charge in [0.05, 0.1) is 14.2 Å². The van der Waals surface area contributed by atoms with E-state index in [1.807, 2.05) is 42.5 Å². The zero-order valence-electron chi connectivity index (χ0n) is 14.6. The van der Waals surface area contributed by atoms with Crippen molar-refractivity contribution in [2.24, 2.45) is 0 Å². The normalized spacial score (nSPS) is 10.8. The van der Waals surface area contributed by atoms with Crippen molar-refractivity contribution < 1.29 is 19.1 Å². The molecule has 0 amide bonds. The Bertz CT molecular complexity index is 972. The summed E-state index contributed by atoms with van der Waals surface area (Å²) in [7, 11) is 2.45. The molecule has 0 atom stereocenters. The van der Waals surface area contributed by atoms with Crippen molar-refractivity contribution in [2.75, 3.05) is 14.2 Å². The molecule has 0 saturated carbocycles. The van der Waals surface area contributed by atoms with Gasteiger partial charge in [-0.05, 0) is 39.3 Å². The minimum atomic E-state index is -0.732. The third kappa shape index (κ3) is 3.35. The topological polar surface area (TPSA) is 52.6 Å². The quantitative estimate of drug-likeness (QED) is 0.177. The highest BCUT2D eigenvalue weighted by Crippen LogP contribution is 2.29. The van der Waals surface area contributed by atoms with Crippen LogP contribution in [0, 0.1) is 0 Å². The van der Waals surface area contributed by atoms with Crippen molar-refractivity contribution in [3.63, 3.8) is 0 Å². The monoisotopic (exact) mass is 346 g/mol. The smallest absolute Gasteiger partial charge is 0.345 e. The zero-order chi connectivity index (χ0) is 18.5. The number of rotatable bonds is 4. The molecule has 0 saturated heterocycles. The number of esters is 2. The molecule has 0 radical (unpaired) electrons. The van der Waals surface area contributed by atoms with Crippen molar-refractivity contribution in [3.05, 3.63) is 77.9 Å². The summed E-state index contributed by atoms with van der Waals surface area (Å²) in [4.78, 5) is 23.5. The predicted molar refractivity (Wildman–Crippen MR) is 103 cm³/mol. The van der Waals surface area contributed by atoms with Gasteiger partial charge < -0.3 is 9.47 Å². The molecule has 0 N–H and O–H groups in total. The van der Waals surface area contributed by atoms with E-state index in [1.165, 1.54) is 20.3 Å². The fraction of sp³-hybridized carbons (Fsp3) is 0.0909. The first-order chi connectivity index (χ1) is 12.7. The standard InChI is InChI=1S/C22H18O4/c1-25-21(23)20(22(24)26-2)13-7-12-19-17-10-5-3-8-15(17)14-16-9-4-6-11-18(16)19/h3-14H,1-2H3/b12-7+. The molecule has 0 heterocycles. The van der Waals surface area contributed by atoms with Crippen LogP contribution in [0.25, 0.3) is 27.6 Å². The number of methoxy groups -OCH3 is 2. The van der Waals surface area contributed by atoms with Crippen molar-refractivity contribution in [3.8, 4) is 0 Å². The summed E-state index contributed by atoms with van der Waals surface area (Å²) in [6.07, 6.45) is 4.96. The van der Waals surface area contributed by atoms with Gasteiger partial charge in [0.25, 0.3) is 0 Å². The van der Waals surface area contributed by atoms with Crippen LogP contribution in [0.2, 0.25) is 0 Å². The lowest BCUT2D eigenvalue weighted by Crippen LogP contribution is -2.15. The highest BCUT2D eigenvalue weighted by molar-refractivity contribution is 6.14. The van der Waals surface area contributed by atoms with Gasteiger partial charge in [0.2, 0.25) is 0 Å². The van der Waals surface area contributed by atoms with Crippen LogP contribution in [0.5, 0.6) is 0 Å². The first-order valence-corrected chi connectivity index (χ1v) is 8.11. The zero-order valence-corrected chi connectivity index (χ0v) is 14.6. The number of ether oxygens (including phenoxy) is 2. The van der Waals surface area contributed by atoms with Gasteiger partial charge >= 0.3 is 11.9 Å². The van der Waals surface area contributed by atoms with Crippen LogP contribution in [0.3, 0.4) is 0 Å². The highest BCUT2D eigenvalue weighted by atomic mass is 16.5. The van der Waals surface area contributed by atoms with E-state index in [-0.39, 0.29) is 5.57 Å². The lowest BCUT2D eigenvalue weighted by molar-refractivity contribution is -0.144. The van der Waals surface area contributed by atoms with Crippen LogP contribution in [0.15, 0.2) is 72.3 Å². The van der Waals surface area contributed by atoms with E-state index >= 15 is 0 Å². The second-order valence-corrected chi connectivity index (χ2v) is 5.66. The summed E-state index contributed by atoms with van der Waals surface area (Å²) in [5, 5.41) is 4.43. The molecule has 0 aliphatic carbocycles. The van der Waals surface area contributed by atoms with Gasteiger partial charge in [0, 0.05) is 0 Å². The Morgan fingerprint density at radius 3 is 1.81 bits per heavy atom. The maximum absolute atomic E-state index is 11.8. The van der Waals surface area contributed by atoms with Crippen molar-refractivity contribution in [2.45, 2.75) is 0 Å². The van der Waals surface area contributed by atoms with Crippen LogP contribution in [0.4, 0.5) is 0 Å². The molecule has 0 aliphatic heterocycles. The van der Waals surface area contributed by atoms with E-state index in [2.05, 4.69) is 27.7 Å². The van der Waals surface area contributed by atoms with E-state index < -0.39 is 11.9 Å². The van der Waals surface area contributed by atoms with Crippen molar-refractivity contribution in [1.29, 1.82) is 0 Å². The molecular weight excluding hydrogens is 328 g/mol. The third-order valence-corrected chi connectivity index (χ3v) is 4.15. The number of fused-ring (bicyclic) bond motifs is 2. The van der Waals surface area contributed by atoms with Gasteiger partial charge in [-0.2, -0.15) is 0 Å². The fourth-order valence-electron chi connectivity index (χ4n) is 2.91. The van der Waals surface area contributed by atoms with E-state index in [1.54, 1.807) is 6.08 Å². The van der Waals surface area contributed by atoms with Crippen LogP contribution in [0.1, 0.15) is 5.56 Å². The maximum Gasteiger partial charge on any atom is 0.345 e. The maximum atomic E-state index is 11.8. The Hall–Kier alpha value is -3.40. The fourth-order valence-corrected chi connectivity index (χ4v) is 2.91. The largest absolute Gasteiger partial charge is 0.465 e. The molecule has 26 heavy (non-hydrogen) atoms. The van der Waals surface area contributed by atoms with Gasteiger partial charge in [0.15, 0.2) is 0 Å². The number of benzene rings is 3. The molecular formula is C22H18O4. The Balaban J connectivity index is 2.14. The van der Waals surface area contributed by atoms with E-state index in [0.29, 0.717) is 0 Å². The molecule has 3 aromatic rings. The number of carbonyl (C=O) groups is 2. The molecule has 0 fully saturated rings. The third-order valence-electron chi connectivity index (χ3n) is 4.15. The summed E-state index contributed by atoms with van der Waals surface area (Å²) in [6, 6.07) is 18.3. The molecule has 0 unspecified atom stereocenters. The average Bonchev–Trinajstić information content (AvgIpc) is 2.69. The first kappa shape index (κ1) is 17.4. The predicted octanol–water partition coefficient (Wildman–Crippen LogP) is 4.28. The molecule has 3 rings (SSSR count). The van der Waals surface area contributed by atoms with E-state index in [9.17, 15) is 9.59 Å². The summed E-state index contributed by atoms with van der Waals surface area (Å²) < 4.78 is 9.27. The second kappa shape index (κ2) is 7.66. The molecule has 4 nitrogen and oxygen atoms in total. The summed E-state index contributed by atoms with van der Waals surface area (Å²) in [5.41, 5.74) is 0.861. The molecule has 0 bridgehead atoms. The van der Waals surface area contributed by atoms with Gasteiger partial charge in [-0.3, -0.25) is 0 Å². The SMILES string of the molecule is COC(=O)C(=C/C=C/c1c2ccccc2cc2ccccc12)C(=O)OC. The molecule has 0 aromatic heterocycles. The molecule has 130 valence electrons. The molecule has 3 aromatic carbocycles. The lowest BCUT2D eigenvalue weighted by atomic mass is 9.96. The number of hydrogen-bond acceptors (Lipinski definition) is 4. The van der Waals surface area contributed by atoms with Gasteiger partial charge in [-0.1, -0.05) is 60.7 Å². The van der Waals surface area contributed by atoms with Crippen molar-refractivity contribution in [1.82, 2.24) is 0 Å². The minimum absolute atomic E-state index is 0.157. The minimum Gasteiger partial charge on any atom is -0.465 e. The first-order valence-electron chi connectivity index (χ1n) is 8.11. The Morgan fingerprint density at radius 1 is 0.808 bits per heavy atom. The van der Waals surface area contributed by atoms with E-state index in [0.717, 1.165) is 27.1 Å². The molecule has 4 heteroatoms. The highest BCUT2D eigenvalue weighted by Gasteiger charge is 2.18. The Kier molecular flexibility index (Phi) is 5.13. The number of hydrogen-bond donors (Lipinski definition) is 0. The van der Waals surface area contributed by atoms with Gasteiger partial charge in [0.1, 0.15) is 5.57 Å². The van der Waals surface area contributed by atoms with Crippen molar-refractivity contribution >= 4 is 39.6 Å². The molecule has 0 aliphatic rings. The Morgan fingerprint density at radius 2 is 1.31 bits per heavy atom. The number of carbonyl (C=O) groups excluding carboxylic acids is 2. The lowest BCUT2D eigenvalue weighted by Gasteiger charge is -2.08. The van der Waals surface area contributed by atoms with Crippen LogP contribution in [-0.4, -0.2) is 26.2 Å². The van der Waals surface area contributed by atoms with Crippen LogP contribution in [-0.2, 0) is 19.1 Å². The Labute approximate surface area is 151 Å². The second-order valence-electron chi connectivity index (χ2n) is 5.66. The summed E-state index contributed by atoms with van der Waals surface area (Å²) in [6.45, 7) is 0. The van der Waals surface area contributed by atoms with Crippen LogP contribution >= 0.6 is 0 Å². The number of allylic oxidation sites excluding steroid dienone is 2. The average molecular weight is 346 g/mol.